The van der Waals surface area contributed by atoms with Crippen LogP contribution in [0.5, 0.6) is 11.6 Å². The van der Waals surface area contributed by atoms with Gasteiger partial charge in [-0.25, -0.2) is 15.0 Å². The Bertz CT molecular complexity index is 458. The van der Waals surface area contributed by atoms with Crippen molar-refractivity contribution in [3.8, 4) is 11.6 Å². The zero-order valence-electron chi connectivity index (χ0n) is 8.01. The molecule has 0 aromatic carbocycles. The monoisotopic (exact) mass is 221 g/mol. The number of rotatable bonds is 2. The first-order valence-electron chi connectivity index (χ1n) is 4.32. The second kappa shape index (κ2) is 4.23. The third-order valence-corrected chi connectivity index (χ3v) is 1.92. The highest BCUT2D eigenvalue weighted by atomic mass is 35.5. The first-order valence-corrected chi connectivity index (χ1v) is 4.70. The fourth-order valence-corrected chi connectivity index (χ4v) is 1.14. The molecule has 0 saturated carbocycles. The van der Waals surface area contributed by atoms with Gasteiger partial charge in [0, 0.05) is 11.8 Å². The van der Waals surface area contributed by atoms with Gasteiger partial charge in [-0.05, 0) is 19.1 Å². The molecular formula is C10H8ClN3O. The summed E-state index contributed by atoms with van der Waals surface area (Å²) in [5.74, 6) is 1.09. The first-order chi connectivity index (χ1) is 7.24. The molecule has 0 radical (unpaired) electrons. The molecule has 0 N–H and O–H groups in total. The fourth-order valence-electron chi connectivity index (χ4n) is 1.03. The van der Waals surface area contributed by atoms with Crippen LogP contribution in [-0.4, -0.2) is 15.0 Å². The maximum atomic E-state index is 5.65. The van der Waals surface area contributed by atoms with Crippen molar-refractivity contribution in [3.05, 3.63) is 41.6 Å². The molecule has 0 aliphatic rings. The van der Waals surface area contributed by atoms with E-state index in [0.717, 1.165) is 5.69 Å². The molecule has 0 amide bonds. The molecule has 0 atom stereocenters. The molecule has 0 aliphatic carbocycles. The van der Waals surface area contributed by atoms with E-state index in [1.807, 2.05) is 6.92 Å². The maximum Gasteiger partial charge on any atom is 0.222 e. The Balaban J connectivity index is 2.18. The minimum absolute atomic E-state index is 0.432. The number of nitrogens with zero attached hydrogens (tertiary/aromatic N) is 3. The van der Waals surface area contributed by atoms with Crippen molar-refractivity contribution in [3.63, 3.8) is 0 Å². The maximum absolute atomic E-state index is 5.65. The second-order valence-corrected chi connectivity index (χ2v) is 3.30. The largest absolute Gasteiger partial charge is 0.437 e. The molecule has 0 fully saturated rings. The SMILES string of the molecule is Cc1cc(Oc2ccc(Cl)nc2)ncn1. The van der Waals surface area contributed by atoms with Gasteiger partial charge in [0.05, 0.1) is 6.20 Å². The molecule has 0 aliphatic heterocycles. The molecule has 2 aromatic heterocycles. The van der Waals surface area contributed by atoms with Crippen molar-refractivity contribution < 1.29 is 4.74 Å². The summed E-state index contributed by atoms with van der Waals surface area (Å²) in [7, 11) is 0. The molecule has 4 nitrogen and oxygen atoms in total. The van der Waals surface area contributed by atoms with E-state index in [0.29, 0.717) is 16.8 Å². The third kappa shape index (κ3) is 2.63. The minimum Gasteiger partial charge on any atom is -0.437 e. The van der Waals surface area contributed by atoms with Crippen molar-refractivity contribution in [1.82, 2.24) is 15.0 Å². The average Bonchev–Trinajstić information content (AvgIpc) is 2.22. The zero-order chi connectivity index (χ0) is 10.7. The van der Waals surface area contributed by atoms with Gasteiger partial charge in [-0.2, -0.15) is 0 Å². The van der Waals surface area contributed by atoms with Crippen LogP contribution in [0.2, 0.25) is 5.15 Å². The van der Waals surface area contributed by atoms with E-state index < -0.39 is 0 Å². The molecule has 2 heterocycles. The summed E-state index contributed by atoms with van der Waals surface area (Å²) in [5, 5.41) is 0.432. The lowest BCUT2D eigenvalue weighted by Gasteiger charge is -2.03. The van der Waals surface area contributed by atoms with Crippen LogP contribution in [0.15, 0.2) is 30.7 Å². The van der Waals surface area contributed by atoms with E-state index in [1.165, 1.54) is 6.33 Å². The number of hydrogen-bond donors (Lipinski definition) is 0. The Morgan fingerprint density at radius 3 is 2.73 bits per heavy atom. The molecule has 2 rings (SSSR count). The van der Waals surface area contributed by atoms with Crippen LogP contribution in [0.3, 0.4) is 0 Å². The number of hydrogen-bond acceptors (Lipinski definition) is 4. The molecule has 0 spiro atoms. The number of halogens is 1. The molecule has 0 bridgehead atoms. The van der Waals surface area contributed by atoms with Gasteiger partial charge < -0.3 is 4.74 Å². The lowest BCUT2D eigenvalue weighted by molar-refractivity contribution is 0.458. The normalized spacial score (nSPS) is 10.0. The summed E-state index contributed by atoms with van der Waals surface area (Å²) in [5.41, 5.74) is 0.849. The van der Waals surface area contributed by atoms with Crippen LogP contribution in [0, 0.1) is 6.92 Å². The van der Waals surface area contributed by atoms with E-state index in [1.54, 1.807) is 24.4 Å². The Morgan fingerprint density at radius 2 is 2.07 bits per heavy atom. The quantitative estimate of drug-likeness (QED) is 0.732. The Morgan fingerprint density at radius 1 is 1.20 bits per heavy atom. The summed E-state index contributed by atoms with van der Waals surface area (Å²) < 4.78 is 5.44. The predicted molar refractivity (Wildman–Crippen MR) is 56.1 cm³/mol. The highest BCUT2D eigenvalue weighted by Gasteiger charge is 1.99. The molecular weight excluding hydrogens is 214 g/mol. The molecule has 76 valence electrons. The smallest absolute Gasteiger partial charge is 0.222 e. The van der Waals surface area contributed by atoms with Gasteiger partial charge in [-0.1, -0.05) is 11.6 Å². The topological polar surface area (TPSA) is 47.9 Å². The van der Waals surface area contributed by atoms with Gasteiger partial charge in [-0.3, -0.25) is 0 Å². The number of aromatic nitrogens is 3. The van der Waals surface area contributed by atoms with E-state index in [9.17, 15) is 0 Å². The lowest BCUT2D eigenvalue weighted by Crippen LogP contribution is -1.90. The van der Waals surface area contributed by atoms with Gasteiger partial charge in [0.25, 0.3) is 0 Å². The van der Waals surface area contributed by atoms with Crippen molar-refractivity contribution in [1.29, 1.82) is 0 Å². The van der Waals surface area contributed by atoms with Crippen LogP contribution in [0.25, 0.3) is 0 Å². The minimum atomic E-state index is 0.432. The summed E-state index contributed by atoms with van der Waals surface area (Å²) >= 11 is 5.65. The van der Waals surface area contributed by atoms with Gasteiger partial charge in [-0.15, -0.1) is 0 Å². The van der Waals surface area contributed by atoms with Crippen molar-refractivity contribution in [2.24, 2.45) is 0 Å². The third-order valence-electron chi connectivity index (χ3n) is 1.70. The van der Waals surface area contributed by atoms with Gasteiger partial charge in [0.1, 0.15) is 17.2 Å². The van der Waals surface area contributed by atoms with Gasteiger partial charge >= 0.3 is 0 Å². The highest BCUT2D eigenvalue weighted by molar-refractivity contribution is 6.29. The van der Waals surface area contributed by atoms with Crippen LogP contribution < -0.4 is 4.74 Å². The standard InChI is InChI=1S/C10H8ClN3O/c1-7-4-10(14-6-13-7)15-8-2-3-9(11)12-5-8/h2-6H,1H3. The van der Waals surface area contributed by atoms with Crippen LogP contribution in [0.4, 0.5) is 0 Å². The molecule has 15 heavy (non-hydrogen) atoms. The summed E-state index contributed by atoms with van der Waals surface area (Å²) in [4.78, 5) is 11.8. The number of aryl methyl sites for hydroxylation is 1. The van der Waals surface area contributed by atoms with Crippen LogP contribution in [-0.2, 0) is 0 Å². The Labute approximate surface area is 91.9 Å². The summed E-state index contributed by atoms with van der Waals surface area (Å²) in [6.45, 7) is 1.87. The lowest BCUT2D eigenvalue weighted by atomic mass is 10.4. The Kier molecular flexibility index (Phi) is 2.78. The first kappa shape index (κ1) is 9.86. The van der Waals surface area contributed by atoms with Gasteiger partial charge in [0.15, 0.2) is 0 Å². The molecule has 5 heteroatoms. The predicted octanol–water partition coefficient (Wildman–Crippen LogP) is 2.63. The molecule has 0 saturated heterocycles. The van der Waals surface area contributed by atoms with Crippen molar-refractivity contribution >= 4 is 11.6 Å². The Hall–Kier alpha value is -1.68. The van der Waals surface area contributed by atoms with E-state index in [4.69, 9.17) is 16.3 Å². The van der Waals surface area contributed by atoms with Crippen LogP contribution in [0.1, 0.15) is 5.69 Å². The van der Waals surface area contributed by atoms with Crippen LogP contribution >= 0.6 is 11.6 Å². The molecule has 0 unspecified atom stereocenters. The van der Waals surface area contributed by atoms with E-state index in [2.05, 4.69) is 15.0 Å². The number of pyridine rings is 1. The summed E-state index contributed by atoms with van der Waals surface area (Å²) in [6.07, 6.45) is 2.99. The van der Waals surface area contributed by atoms with E-state index >= 15 is 0 Å². The van der Waals surface area contributed by atoms with Crippen molar-refractivity contribution in [2.75, 3.05) is 0 Å². The fraction of sp³-hybridized carbons (Fsp3) is 0.100. The average molecular weight is 222 g/mol. The van der Waals surface area contributed by atoms with Crippen molar-refractivity contribution in [2.45, 2.75) is 6.92 Å². The zero-order valence-corrected chi connectivity index (χ0v) is 8.77. The second-order valence-electron chi connectivity index (χ2n) is 2.92. The van der Waals surface area contributed by atoms with E-state index in [-0.39, 0.29) is 0 Å². The van der Waals surface area contributed by atoms with Gasteiger partial charge in [0.2, 0.25) is 5.88 Å². The number of ether oxygens (including phenoxy) is 1. The summed E-state index contributed by atoms with van der Waals surface area (Å²) in [6, 6.07) is 5.13. The molecule has 2 aromatic rings. The highest BCUT2D eigenvalue weighted by Crippen LogP contribution is 2.19.